The second-order valence-corrected chi connectivity index (χ2v) is 3.56. The molecule has 0 unspecified atom stereocenters. The minimum Gasteiger partial charge on any atom is -0.470 e. The zero-order valence-corrected chi connectivity index (χ0v) is 8.21. The van der Waals surface area contributed by atoms with Crippen molar-refractivity contribution < 1.29 is 4.74 Å². The van der Waals surface area contributed by atoms with Crippen molar-refractivity contribution in [1.29, 1.82) is 0 Å². The van der Waals surface area contributed by atoms with E-state index in [1.165, 1.54) is 0 Å². The lowest BCUT2D eigenvalue weighted by molar-refractivity contribution is 0.277. The lowest BCUT2D eigenvalue weighted by Crippen LogP contribution is -2.29. The number of nitrogens with two attached hydrogens (primary N) is 2. The van der Waals surface area contributed by atoms with Crippen molar-refractivity contribution in [2.24, 2.45) is 11.5 Å². The van der Waals surface area contributed by atoms with Crippen LogP contribution in [-0.2, 0) is 4.74 Å². The van der Waals surface area contributed by atoms with Crippen molar-refractivity contribution in [3.63, 3.8) is 0 Å². The maximum absolute atomic E-state index is 5.65. The Morgan fingerprint density at radius 1 is 1.73 bits per heavy atom. The highest BCUT2D eigenvalue weighted by atomic mass is 32.2. The average molecular weight is 194 g/mol. The van der Waals surface area contributed by atoms with Gasteiger partial charge in [0.05, 0.1) is 0 Å². The fourth-order valence-corrected chi connectivity index (χ4v) is 1.15. The molecule has 0 rings (SSSR count). The molecule has 0 heterocycles. The first-order valence-corrected chi connectivity index (χ1v) is 5.13. The molecular formula is C6H14N2OS2. The molecule has 0 saturated heterocycles. The third kappa shape index (κ3) is 7.90. The molecule has 0 aliphatic carbocycles. The molecule has 3 nitrogen and oxygen atoms in total. The molecule has 4 N–H and O–H groups in total. The lowest BCUT2D eigenvalue weighted by Gasteiger charge is -2.10. The molecule has 1 atom stereocenters. The van der Waals surface area contributed by atoms with E-state index in [4.69, 9.17) is 16.2 Å². The SMILES string of the molecule is CSCC[C@H](N)COC(N)=S. The summed E-state index contributed by atoms with van der Waals surface area (Å²) in [5.74, 6) is 1.04. The van der Waals surface area contributed by atoms with Crippen LogP contribution in [0.1, 0.15) is 6.42 Å². The Balaban J connectivity index is 3.22. The minimum atomic E-state index is 0.0453. The first-order valence-electron chi connectivity index (χ1n) is 3.33. The third-order valence-corrected chi connectivity index (χ3v) is 1.89. The van der Waals surface area contributed by atoms with Gasteiger partial charge in [0.25, 0.3) is 5.17 Å². The van der Waals surface area contributed by atoms with E-state index in [1.807, 2.05) is 6.26 Å². The van der Waals surface area contributed by atoms with E-state index in [9.17, 15) is 0 Å². The van der Waals surface area contributed by atoms with E-state index in [2.05, 4.69) is 12.2 Å². The number of ether oxygens (including phenoxy) is 1. The number of thioether (sulfide) groups is 1. The van der Waals surface area contributed by atoms with E-state index >= 15 is 0 Å². The summed E-state index contributed by atoms with van der Waals surface area (Å²) in [5, 5.41) is 0.0737. The van der Waals surface area contributed by atoms with Crippen LogP contribution in [0.15, 0.2) is 0 Å². The van der Waals surface area contributed by atoms with Gasteiger partial charge in [0.2, 0.25) is 0 Å². The molecule has 0 bridgehead atoms. The van der Waals surface area contributed by atoms with Crippen LogP contribution in [-0.4, -0.2) is 29.8 Å². The molecule has 0 aliphatic heterocycles. The highest BCUT2D eigenvalue weighted by molar-refractivity contribution is 7.98. The second-order valence-electron chi connectivity index (χ2n) is 2.17. The van der Waals surface area contributed by atoms with Crippen LogP contribution >= 0.6 is 24.0 Å². The Morgan fingerprint density at radius 2 is 2.36 bits per heavy atom. The van der Waals surface area contributed by atoms with E-state index < -0.39 is 0 Å². The second kappa shape index (κ2) is 6.69. The fourth-order valence-electron chi connectivity index (χ4n) is 0.542. The summed E-state index contributed by atoms with van der Waals surface area (Å²) in [7, 11) is 0. The van der Waals surface area contributed by atoms with Crippen molar-refractivity contribution >= 4 is 29.2 Å². The molecule has 0 aromatic rings. The highest BCUT2D eigenvalue weighted by Gasteiger charge is 2.02. The van der Waals surface area contributed by atoms with Gasteiger partial charge >= 0.3 is 0 Å². The number of rotatable bonds is 5. The first kappa shape index (κ1) is 11.0. The first-order chi connectivity index (χ1) is 5.16. The van der Waals surface area contributed by atoms with Gasteiger partial charge in [-0.05, 0) is 30.6 Å². The minimum absolute atomic E-state index is 0.0453. The summed E-state index contributed by atoms with van der Waals surface area (Å²) in [6.45, 7) is 0.426. The van der Waals surface area contributed by atoms with Crippen molar-refractivity contribution in [2.45, 2.75) is 12.5 Å². The van der Waals surface area contributed by atoms with Crippen LogP contribution < -0.4 is 11.5 Å². The van der Waals surface area contributed by atoms with Crippen LogP contribution in [0.4, 0.5) is 0 Å². The molecular weight excluding hydrogens is 180 g/mol. The van der Waals surface area contributed by atoms with Crippen LogP contribution in [0.25, 0.3) is 0 Å². The summed E-state index contributed by atoms with van der Waals surface area (Å²) >= 11 is 6.29. The summed E-state index contributed by atoms with van der Waals surface area (Å²) < 4.78 is 4.88. The zero-order valence-electron chi connectivity index (χ0n) is 6.58. The number of hydrogen-bond donors (Lipinski definition) is 2. The fraction of sp³-hybridized carbons (Fsp3) is 0.833. The van der Waals surface area contributed by atoms with Gasteiger partial charge in [-0.2, -0.15) is 11.8 Å². The number of thiocarbonyl (C=S) groups is 1. The molecule has 0 aromatic carbocycles. The summed E-state index contributed by atoms with van der Waals surface area (Å²) in [6.07, 6.45) is 2.98. The molecule has 66 valence electrons. The molecule has 0 spiro atoms. The standard InChI is InChI=1S/C6H14N2OS2/c1-11-3-2-5(7)4-9-6(8)10/h5H,2-4,7H2,1H3,(H2,8,10)/t5-/m0/s1. The summed E-state index contributed by atoms with van der Waals surface area (Å²) in [4.78, 5) is 0. The predicted molar refractivity (Wildman–Crippen MR) is 53.7 cm³/mol. The van der Waals surface area contributed by atoms with Gasteiger partial charge in [-0.3, -0.25) is 0 Å². The topological polar surface area (TPSA) is 61.3 Å². The van der Waals surface area contributed by atoms with Gasteiger partial charge in [0.15, 0.2) is 0 Å². The summed E-state index contributed by atoms with van der Waals surface area (Å²) in [5.41, 5.74) is 10.8. The molecule has 0 aromatic heterocycles. The van der Waals surface area contributed by atoms with Gasteiger partial charge in [-0.15, -0.1) is 0 Å². The normalized spacial score (nSPS) is 12.5. The van der Waals surface area contributed by atoms with Crippen molar-refractivity contribution in [3.05, 3.63) is 0 Å². The van der Waals surface area contributed by atoms with E-state index in [-0.39, 0.29) is 11.2 Å². The Labute approximate surface area is 76.8 Å². The number of hydrogen-bond acceptors (Lipinski definition) is 4. The Hall–Kier alpha value is -0.0000000000000000278. The average Bonchev–Trinajstić information content (AvgIpc) is 1.97. The van der Waals surface area contributed by atoms with Gasteiger partial charge in [0, 0.05) is 6.04 Å². The van der Waals surface area contributed by atoms with Gasteiger partial charge in [0.1, 0.15) is 6.61 Å². The molecule has 0 radical (unpaired) electrons. The Kier molecular flexibility index (Phi) is 6.69. The highest BCUT2D eigenvalue weighted by Crippen LogP contribution is 1.98. The summed E-state index contributed by atoms with van der Waals surface area (Å²) in [6, 6.07) is 0.0453. The van der Waals surface area contributed by atoms with Crippen LogP contribution in [0, 0.1) is 0 Å². The lowest BCUT2D eigenvalue weighted by atomic mass is 10.3. The van der Waals surface area contributed by atoms with Crippen LogP contribution in [0.3, 0.4) is 0 Å². The quantitative estimate of drug-likeness (QED) is 0.618. The van der Waals surface area contributed by atoms with Crippen LogP contribution in [0.2, 0.25) is 0 Å². The maximum atomic E-state index is 5.65. The molecule has 5 heteroatoms. The molecule has 0 fully saturated rings. The molecule has 0 amide bonds. The zero-order chi connectivity index (χ0) is 8.69. The van der Waals surface area contributed by atoms with E-state index in [1.54, 1.807) is 11.8 Å². The van der Waals surface area contributed by atoms with Gasteiger partial charge in [-0.1, -0.05) is 0 Å². The predicted octanol–water partition coefficient (Wildman–Crippen LogP) is 0.327. The third-order valence-electron chi connectivity index (χ3n) is 1.13. The van der Waals surface area contributed by atoms with Crippen molar-refractivity contribution in [1.82, 2.24) is 0 Å². The van der Waals surface area contributed by atoms with E-state index in [0.717, 1.165) is 12.2 Å². The van der Waals surface area contributed by atoms with Gasteiger partial charge in [-0.25, -0.2) is 0 Å². The van der Waals surface area contributed by atoms with Crippen molar-refractivity contribution in [3.8, 4) is 0 Å². The van der Waals surface area contributed by atoms with E-state index in [0.29, 0.717) is 6.61 Å². The molecule has 0 aliphatic rings. The molecule has 11 heavy (non-hydrogen) atoms. The molecule has 0 saturated carbocycles. The monoisotopic (exact) mass is 194 g/mol. The van der Waals surface area contributed by atoms with Crippen molar-refractivity contribution in [2.75, 3.05) is 18.6 Å². The van der Waals surface area contributed by atoms with Crippen LogP contribution in [0.5, 0.6) is 0 Å². The maximum Gasteiger partial charge on any atom is 0.254 e. The smallest absolute Gasteiger partial charge is 0.254 e. The largest absolute Gasteiger partial charge is 0.470 e. The Bertz CT molecular complexity index is 121. The van der Waals surface area contributed by atoms with Gasteiger partial charge < -0.3 is 16.2 Å². The Morgan fingerprint density at radius 3 is 2.82 bits per heavy atom.